The van der Waals surface area contributed by atoms with E-state index in [9.17, 15) is 0 Å². The third-order valence-electron chi connectivity index (χ3n) is 4.52. The summed E-state index contributed by atoms with van der Waals surface area (Å²) in [5.41, 5.74) is 1.20. The molecule has 0 radical (unpaired) electrons. The van der Waals surface area contributed by atoms with Crippen molar-refractivity contribution in [3.8, 4) is 5.75 Å². The van der Waals surface area contributed by atoms with Crippen molar-refractivity contribution in [3.05, 3.63) is 29.8 Å². The van der Waals surface area contributed by atoms with Crippen LogP contribution >= 0.6 is 35.7 Å². The Morgan fingerprint density at radius 1 is 1.28 bits per heavy atom. The number of rotatable bonds is 7. The predicted molar refractivity (Wildman–Crippen MR) is 118 cm³/mol. The molecule has 0 atom stereocenters. The van der Waals surface area contributed by atoms with Crippen molar-refractivity contribution in [3.63, 3.8) is 0 Å². The van der Waals surface area contributed by atoms with E-state index in [0.717, 1.165) is 57.3 Å². The molecule has 5 nitrogen and oxygen atoms in total. The fourth-order valence-corrected chi connectivity index (χ4v) is 3.68. The number of aliphatic imine (C=N–C) groups is 1. The van der Waals surface area contributed by atoms with E-state index in [0.29, 0.717) is 0 Å². The lowest BCUT2D eigenvalue weighted by molar-refractivity contribution is 0.0783. The lowest BCUT2D eigenvalue weighted by Gasteiger charge is -2.36. The van der Waals surface area contributed by atoms with E-state index in [4.69, 9.17) is 9.47 Å². The molecule has 142 valence electrons. The second-order valence-corrected chi connectivity index (χ2v) is 7.19. The molecule has 2 rings (SSSR count). The van der Waals surface area contributed by atoms with E-state index in [-0.39, 0.29) is 28.7 Å². The van der Waals surface area contributed by atoms with Gasteiger partial charge in [0.15, 0.2) is 5.96 Å². The van der Waals surface area contributed by atoms with Crippen LogP contribution in [0, 0.1) is 0 Å². The summed E-state index contributed by atoms with van der Waals surface area (Å²) in [6, 6.07) is 8.13. The molecule has 0 aromatic heterocycles. The molecule has 7 heteroatoms. The Labute approximate surface area is 172 Å². The average molecular weight is 479 g/mol. The summed E-state index contributed by atoms with van der Waals surface area (Å²) in [7, 11) is 3.52. The zero-order valence-electron chi connectivity index (χ0n) is 15.3. The molecule has 2 N–H and O–H groups in total. The number of para-hydroxylation sites is 1. The van der Waals surface area contributed by atoms with Crippen LogP contribution in [0.4, 0.5) is 0 Å². The largest absolute Gasteiger partial charge is 0.496 e. The number of thioether (sulfide) groups is 1. The lowest BCUT2D eigenvalue weighted by atomic mass is 9.99. The molecule has 1 saturated heterocycles. The SMILES string of the molecule is CN=C(NCCc1ccccc1OC)NCC1(SC)CCOCC1.I. The van der Waals surface area contributed by atoms with Crippen LogP contribution in [0.1, 0.15) is 18.4 Å². The second kappa shape index (κ2) is 11.9. The summed E-state index contributed by atoms with van der Waals surface area (Å²) in [6.45, 7) is 3.42. The Bertz CT molecular complexity index is 537. The maximum Gasteiger partial charge on any atom is 0.191 e. The first-order chi connectivity index (χ1) is 11.7. The first-order valence-corrected chi connectivity index (χ1v) is 9.65. The van der Waals surface area contributed by atoms with E-state index in [1.54, 1.807) is 7.11 Å². The maximum absolute atomic E-state index is 5.50. The number of nitrogens with one attached hydrogen (secondary N) is 2. The third kappa shape index (κ3) is 6.86. The Balaban J connectivity index is 0.00000312. The molecule has 1 aromatic rings. The minimum atomic E-state index is 0. The number of halogens is 1. The van der Waals surface area contributed by atoms with Crippen LogP contribution in [0.25, 0.3) is 0 Å². The van der Waals surface area contributed by atoms with Gasteiger partial charge in [0.05, 0.1) is 7.11 Å². The topological polar surface area (TPSA) is 54.9 Å². The van der Waals surface area contributed by atoms with Crippen LogP contribution in [0.5, 0.6) is 5.75 Å². The normalized spacial score (nSPS) is 16.7. The number of hydrogen-bond acceptors (Lipinski definition) is 4. The van der Waals surface area contributed by atoms with Crippen molar-refractivity contribution in [2.24, 2.45) is 4.99 Å². The molecule has 1 heterocycles. The molecule has 1 aliphatic heterocycles. The van der Waals surface area contributed by atoms with Crippen molar-refractivity contribution in [1.29, 1.82) is 0 Å². The Morgan fingerprint density at radius 3 is 2.64 bits per heavy atom. The first kappa shape index (κ1) is 22.4. The first-order valence-electron chi connectivity index (χ1n) is 8.42. The molecular formula is C18H30IN3O2S. The zero-order valence-corrected chi connectivity index (χ0v) is 18.5. The van der Waals surface area contributed by atoms with Crippen molar-refractivity contribution >= 4 is 41.7 Å². The van der Waals surface area contributed by atoms with Crippen LogP contribution < -0.4 is 15.4 Å². The quantitative estimate of drug-likeness (QED) is 0.358. The van der Waals surface area contributed by atoms with E-state index in [2.05, 4.69) is 27.9 Å². The summed E-state index contributed by atoms with van der Waals surface area (Å²) in [4.78, 5) is 4.33. The molecule has 25 heavy (non-hydrogen) atoms. The molecule has 1 aliphatic rings. The fraction of sp³-hybridized carbons (Fsp3) is 0.611. The van der Waals surface area contributed by atoms with Crippen LogP contribution in [0.15, 0.2) is 29.3 Å². The standard InChI is InChI=1S/C18H29N3O2S.HI/c1-19-17(21-14-18(24-3)9-12-23-13-10-18)20-11-8-15-6-4-5-7-16(15)22-2;/h4-7H,8-14H2,1-3H3,(H2,19,20,21);1H. The van der Waals surface area contributed by atoms with Crippen molar-refractivity contribution in [1.82, 2.24) is 10.6 Å². The number of ether oxygens (including phenoxy) is 2. The molecule has 0 amide bonds. The monoisotopic (exact) mass is 479 g/mol. The highest BCUT2D eigenvalue weighted by atomic mass is 127. The molecule has 0 unspecified atom stereocenters. The van der Waals surface area contributed by atoms with Crippen molar-refractivity contribution in [2.75, 3.05) is 46.7 Å². The van der Waals surface area contributed by atoms with Gasteiger partial charge < -0.3 is 20.1 Å². The maximum atomic E-state index is 5.50. The van der Waals surface area contributed by atoms with Crippen LogP contribution in [-0.4, -0.2) is 57.4 Å². The second-order valence-electron chi connectivity index (χ2n) is 5.91. The smallest absolute Gasteiger partial charge is 0.191 e. The van der Waals surface area contributed by atoms with Gasteiger partial charge in [-0.15, -0.1) is 24.0 Å². The number of methoxy groups -OCH3 is 1. The average Bonchev–Trinajstić information content (AvgIpc) is 2.65. The zero-order chi connectivity index (χ0) is 17.3. The van der Waals surface area contributed by atoms with Gasteiger partial charge in [-0.2, -0.15) is 11.8 Å². The highest BCUT2D eigenvalue weighted by Gasteiger charge is 2.31. The van der Waals surface area contributed by atoms with Gasteiger partial charge in [-0.1, -0.05) is 18.2 Å². The van der Waals surface area contributed by atoms with Crippen molar-refractivity contribution < 1.29 is 9.47 Å². The van der Waals surface area contributed by atoms with Gasteiger partial charge in [0.25, 0.3) is 0 Å². The van der Waals surface area contributed by atoms with Crippen molar-refractivity contribution in [2.45, 2.75) is 24.0 Å². The van der Waals surface area contributed by atoms with Gasteiger partial charge >= 0.3 is 0 Å². The molecule has 0 spiro atoms. The summed E-state index contributed by atoms with van der Waals surface area (Å²) >= 11 is 1.93. The van der Waals surface area contributed by atoms with Gasteiger partial charge in [-0.3, -0.25) is 4.99 Å². The van der Waals surface area contributed by atoms with E-state index in [1.807, 2.05) is 37.0 Å². The molecule has 0 bridgehead atoms. The summed E-state index contributed by atoms with van der Waals surface area (Å²) in [5, 5.41) is 6.87. The van der Waals surface area contributed by atoms with Crippen LogP contribution in [0.2, 0.25) is 0 Å². The van der Waals surface area contributed by atoms with Crippen LogP contribution in [0.3, 0.4) is 0 Å². The van der Waals surface area contributed by atoms with Gasteiger partial charge in [-0.25, -0.2) is 0 Å². The highest BCUT2D eigenvalue weighted by molar-refractivity contribution is 14.0. The molecule has 0 saturated carbocycles. The summed E-state index contributed by atoms with van der Waals surface area (Å²) in [6.07, 6.45) is 5.25. The fourth-order valence-electron chi connectivity index (χ4n) is 2.89. The van der Waals surface area contributed by atoms with Gasteiger partial charge in [-0.05, 0) is 37.1 Å². The Kier molecular flexibility index (Phi) is 10.6. The lowest BCUT2D eigenvalue weighted by Crippen LogP contribution is -2.48. The molecule has 1 aromatic carbocycles. The minimum absolute atomic E-state index is 0. The van der Waals surface area contributed by atoms with E-state index >= 15 is 0 Å². The number of benzene rings is 1. The minimum Gasteiger partial charge on any atom is -0.496 e. The molecule has 0 aliphatic carbocycles. The Morgan fingerprint density at radius 2 is 2.00 bits per heavy atom. The van der Waals surface area contributed by atoms with E-state index < -0.39 is 0 Å². The van der Waals surface area contributed by atoms with Gasteiger partial charge in [0.2, 0.25) is 0 Å². The molecule has 1 fully saturated rings. The Hall–Kier alpha value is -0.670. The van der Waals surface area contributed by atoms with Crippen LogP contribution in [-0.2, 0) is 11.2 Å². The summed E-state index contributed by atoms with van der Waals surface area (Å²) < 4.78 is 11.1. The van der Waals surface area contributed by atoms with Gasteiger partial charge in [0, 0.05) is 38.1 Å². The van der Waals surface area contributed by atoms with E-state index in [1.165, 1.54) is 5.56 Å². The number of hydrogen-bond donors (Lipinski definition) is 2. The predicted octanol–water partition coefficient (Wildman–Crippen LogP) is 2.93. The number of guanidine groups is 1. The highest BCUT2D eigenvalue weighted by Crippen LogP contribution is 2.32. The third-order valence-corrected chi connectivity index (χ3v) is 5.94. The van der Waals surface area contributed by atoms with Gasteiger partial charge in [0.1, 0.15) is 5.75 Å². The summed E-state index contributed by atoms with van der Waals surface area (Å²) in [5.74, 6) is 1.79. The molecular weight excluding hydrogens is 449 g/mol. The number of nitrogens with zero attached hydrogens (tertiary/aromatic N) is 1.